The molecular weight excluding hydrogens is 209 g/mol. The van der Waals surface area contributed by atoms with Crippen LogP contribution in [0.2, 0.25) is 0 Å². The van der Waals surface area contributed by atoms with Gasteiger partial charge in [-0.25, -0.2) is 4.39 Å². The van der Waals surface area contributed by atoms with Crippen molar-refractivity contribution in [3.8, 4) is 11.3 Å². The monoisotopic (exact) mass is 221 g/mol. The van der Waals surface area contributed by atoms with Crippen molar-refractivity contribution in [1.29, 1.82) is 0 Å². The van der Waals surface area contributed by atoms with Gasteiger partial charge in [-0.15, -0.1) is 0 Å². The summed E-state index contributed by atoms with van der Waals surface area (Å²) >= 11 is 0. The molecule has 16 heavy (non-hydrogen) atoms. The highest BCUT2D eigenvalue weighted by Crippen LogP contribution is 2.26. The van der Waals surface area contributed by atoms with Gasteiger partial charge in [0.15, 0.2) is 11.6 Å². The molecule has 2 aromatic rings. The van der Waals surface area contributed by atoms with Crippen molar-refractivity contribution in [2.75, 3.05) is 24.7 Å². The third-order valence-electron chi connectivity index (χ3n) is 2.24. The summed E-state index contributed by atoms with van der Waals surface area (Å²) in [5.41, 5.74) is 6.57. The molecule has 0 atom stereocenters. The number of aromatic nitrogens is 1. The fourth-order valence-electron chi connectivity index (χ4n) is 1.45. The molecule has 0 aliphatic rings. The van der Waals surface area contributed by atoms with Crippen LogP contribution in [-0.4, -0.2) is 19.3 Å². The molecule has 5 heteroatoms. The van der Waals surface area contributed by atoms with Crippen molar-refractivity contribution in [1.82, 2.24) is 5.16 Å². The molecule has 0 radical (unpaired) electrons. The van der Waals surface area contributed by atoms with Crippen molar-refractivity contribution in [2.45, 2.75) is 0 Å². The highest BCUT2D eigenvalue weighted by Gasteiger charge is 2.09. The lowest BCUT2D eigenvalue weighted by molar-refractivity contribution is 0.435. The molecule has 2 N–H and O–H groups in total. The number of hydrogen-bond donors (Lipinski definition) is 1. The standard InChI is InChI=1S/C11H12FN3O/c1-15(2)9-4-3-7(5-8(9)12)10-6-11(13)14-16-10/h3-6H,1-2H3,(H2,13,14). The Morgan fingerprint density at radius 2 is 2.06 bits per heavy atom. The Bertz CT molecular complexity index is 508. The SMILES string of the molecule is CN(C)c1ccc(-c2cc(N)no2)cc1F. The van der Waals surface area contributed by atoms with E-state index in [9.17, 15) is 4.39 Å². The van der Waals surface area contributed by atoms with Crippen LogP contribution in [0.15, 0.2) is 28.8 Å². The number of halogens is 1. The van der Waals surface area contributed by atoms with Gasteiger partial charge in [-0.1, -0.05) is 5.16 Å². The summed E-state index contributed by atoms with van der Waals surface area (Å²) in [5.74, 6) is 0.436. The highest BCUT2D eigenvalue weighted by atomic mass is 19.1. The Balaban J connectivity index is 2.42. The maximum absolute atomic E-state index is 13.7. The number of nitrogen functional groups attached to an aromatic ring is 1. The zero-order valence-corrected chi connectivity index (χ0v) is 9.07. The van der Waals surface area contributed by atoms with Crippen LogP contribution < -0.4 is 10.6 Å². The maximum atomic E-state index is 13.7. The van der Waals surface area contributed by atoms with Crippen molar-refractivity contribution in [2.24, 2.45) is 0 Å². The van der Waals surface area contributed by atoms with Crippen LogP contribution in [0.4, 0.5) is 15.9 Å². The minimum absolute atomic E-state index is 0.284. The van der Waals surface area contributed by atoms with Crippen molar-refractivity contribution < 1.29 is 8.91 Å². The van der Waals surface area contributed by atoms with Crippen LogP contribution in [0, 0.1) is 5.82 Å². The second-order valence-corrected chi connectivity index (χ2v) is 3.68. The molecule has 0 saturated carbocycles. The number of anilines is 2. The number of rotatable bonds is 2. The average molecular weight is 221 g/mol. The van der Waals surface area contributed by atoms with Gasteiger partial charge in [-0.2, -0.15) is 0 Å². The molecule has 0 fully saturated rings. The van der Waals surface area contributed by atoms with Gasteiger partial charge in [0.1, 0.15) is 5.82 Å². The third-order valence-corrected chi connectivity index (χ3v) is 2.24. The molecule has 1 heterocycles. The molecule has 0 spiro atoms. The first-order chi connectivity index (χ1) is 7.58. The zero-order valence-electron chi connectivity index (χ0n) is 9.07. The van der Waals surface area contributed by atoms with E-state index in [1.54, 1.807) is 37.2 Å². The predicted octanol–water partition coefficient (Wildman–Crippen LogP) is 2.13. The van der Waals surface area contributed by atoms with Gasteiger partial charge in [0.25, 0.3) is 0 Å². The minimum Gasteiger partial charge on any atom is -0.381 e. The van der Waals surface area contributed by atoms with Gasteiger partial charge in [0.2, 0.25) is 0 Å². The van der Waals surface area contributed by atoms with Gasteiger partial charge in [0.05, 0.1) is 5.69 Å². The van der Waals surface area contributed by atoms with E-state index in [2.05, 4.69) is 5.16 Å². The van der Waals surface area contributed by atoms with Gasteiger partial charge < -0.3 is 15.2 Å². The summed E-state index contributed by atoms with van der Waals surface area (Å²) in [6.45, 7) is 0. The smallest absolute Gasteiger partial charge is 0.169 e. The van der Waals surface area contributed by atoms with Crippen LogP contribution in [-0.2, 0) is 0 Å². The van der Waals surface area contributed by atoms with E-state index in [0.29, 0.717) is 17.0 Å². The van der Waals surface area contributed by atoms with E-state index in [0.717, 1.165) is 0 Å². The van der Waals surface area contributed by atoms with E-state index in [-0.39, 0.29) is 11.6 Å². The first-order valence-electron chi connectivity index (χ1n) is 4.77. The van der Waals surface area contributed by atoms with E-state index in [1.807, 2.05) is 0 Å². The van der Waals surface area contributed by atoms with Gasteiger partial charge in [-0.05, 0) is 18.2 Å². The lowest BCUT2D eigenvalue weighted by Crippen LogP contribution is -2.10. The molecule has 0 aliphatic heterocycles. The van der Waals surface area contributed by atoms with Crippen molar-refractivity contribution in [3.63, 3.8) is 0 Å². The summed E-state index contributed by atoms with van der Waals surface area (Å²) in [4.78, 5) is 1.70. The first-order valence-corrected chi connectivity index (χ1v) is 4.77. The Hall–Kier alpha value is -2.04. The topological polar surface area (TPSA) is 55.3 Å². The van der Waals surface area contributed by atoms with E-state index in [4.69, 9.17) is 10.3 Å². The highest BCUT2D eigenvalue weighted by molar-refractivity contribution is 5.64. The van der Waals surface area contributed by atoms with Gasteiger partial charge in [0, 0.05) is 25.7 Å². The molecule has 1 aromatic heterocycles. The Labute approximate surface area is 92.4 Å². The molecule has 0 amide bonds. The number of nitrogens with two attached hydrogens (primary N) is 1. The maximum Gasteiger partial charge on any atom is 0.169 e. The largest absolute Gasteiger partial charge is 0.381 e. The Morgan fingerprint density at radius 1 is 1.31 bits per heavy atom. The van der Waals surface area contributed by atoms with Gasteiger partial charge in [-0.3, -0.25) is 0 Å². The fourth-order valence-corrected chi connectivity index (χ4v) is 1.45. The van der Waals surface area contributed by atoms with E-state index < -0.39 is 0 Å². The molecular formula is C11H12FN3O. The van der Waals surface area contributed by atoms with Crippen molar-refractivity contribution in [3.05, 3.63) is 30.1 Å². The van der Waals surface area contributed by atoms with Crippen LogP contribution in [0.5, 0.6) is 0 Å². The van der Waals surface area contributed by atoms with E-state index >= 15 is 0 Å². The third kappa shape index (κ3) is 1.84. The summed E-state index contributed by atoms with van der Waals surface area (Å²) in [7, 11) is 3.56. The molecule has 1 aromatic carbocycles. The van der Waals surface area contributed by atoms with Crippen LogP contribution in [0.1, 0.15) is 0 Å². The molecule has 2 rings (SSSR count). The number of benzene rings is 1. The number of hydrogen-bond acceptors (Lipinski definition) is 4. The molecule has 0 bridgehead atoms. The lowest BCUT2D eigenvalue weighted by Gasteiger charge is -2.13. The summed E-state index contributed by atoms with van der Waals surface area (Å²) in [6.07, 6.45) is 0. The summed E-state index contributed by atoms with van der Waals surface area (Å²) in [5, 5.41) is 3.55. The second kappa shape index (κ2) is 3.84. The molecule has 4 nitrogen and oxygen atoms in total. The summed E-state index contributed by atoms with van der Waals surface area (Å²) in [6, 6.07) is 6.40. The lowest BCUT2D eigenvalue weighted by atomic mass is 10.1. The minimum atomic E-state index is -0.308. The summed E-state index contributed by atoms with van der Waals surface area (Å²) < 4.78 is 18.6. The van der Waals surface area contributed by atoms with E-state index in [1.165, 1.54) is 6.07 Å². The molecule has 0 unspecified atom stereocenters. The second-order valence-electron chi connectivity index (χ2n) is 3.68. The van der Waals surface area contributed by atoms with Crippen LogP contribution in [0.25, 0.3) is 11.3 Å². The quantitative estimate of drug-likeness (QED) is 0.844. The normalized spacial score (nSPS) is 10.4. The fraction of sp³-hybridized carbons (Fsp3) is 0.182. The molecule has 0 saturated heterocycles. The first kappa shape index (κ1) is 10.5. The van der Waals surface area contributed by atoms with Crippen molar-refractivity contribution >= 4 is 11.5 Å². The molecule has 84 valence electrons. The zero-order chi connectivity index (χ0) is 11.7. The Morgan fingerprint density at radius 3 is 2.56 bits per heavy atom. The molecule has 0 aliphatic carbocycles. The van der Waals surface area contributed by atoms with Gasteiger partial charge >= 0.3 is 0 Å². The van der Waals surface area contributed by atoms with Crippen LogP contribution >= 0.6 is 0 Å². The number of nitrogens with zero attached hydrogens (tertiary/aromatic N) is 2. The predicted molar refractivity (Wildman–Crippen MR) is 60.6 cm³/mol. The van der Waals surface area contributed by atoms with Crippen LogP contribution in [0.3, 0.4) is 0 Å². The Kier molecular flexibility index (Phi) is 2.52. The average Bonchev–Trinajstić information content (AvgIpc) is 2.64.